The molecule has 0 bridgehead atoms. The van der Waals surface area contributed by atoms with Crippen molar-refractivity contribution in [1.82, 2.24) is 0 Å². The number of benzene rings is 1. The first-order valence-electron chi connectivity index (χ1n) is 4.28. The number of aryl methyl sites for hydroxylation is 1. The predicted octanol–water partition coefficient (Wildman–Crippen LogP) is 3.18. The smallest absolute Gasteiger partial charge is 0.199 e. The monoisotopic (exact) mass is 204 g/mol. The van der Waals surface area contributed by atoms with Crippen molar-refractivity contribution in [3.63, 3.8) is 0 Å². The van der Waals surface area contributed by atoms with Crippen LogP contribution in [0.2, 0.25) is 0 Å². The quantitative estimate of drug-likeness (QED) is 0.346. The van der Waals surface area contributed by atoms with E-state index in [1.807, 2.05) is 19.1 Å². The van der Waals surface area contributed by atoms with Crippen LogP contribution in [-0.4, -0.2) is 5.78 Å². The lowest BCUT2D eigenvalue weighted by atomic mass is 10.1. The average molecular weight is 204 g/mol. The van der Waals surface area contributed by atoms with Gasteiger partial charge >= 0.3 is 0 Å². The third kappa shape index (κ3) is 2.60. The van der Waals surface area contributed by atoms with Crippen molar-refractivity contribution < 1.29 is 4.79 Å². The molecule has 1 rings (SSSR count). The van der Waals surface area contributed by atoms with Gasteiger partial charge in [0.1, 0.15) is 0 Å². The van der Waals surface area contributed by atoms with Crippen molar-refractivity contribution in [3.8, 4) is 0 Å². The number of hydrogen-bond acceptors (Lipinski definition) is 2. The van der Waals surface area contributed by atoms with E-state index in [1.54, 1.807) is 24.3 Å². The number of carbonyl (C=O) groups is 1. The van der Waals surface area contributed by atoms with Gasteiger partial charge in [-0.3, -0.25) is 4.79 Å². The molecule has 0 heterocycles. The van der Waals surface area contributed by atoms with E-state index in [0.717, 1.165) is 5.56 Å². The molecule has 1 aromatic carbocycles. The highest BCUT2D eigenvalue weighted by atomic mass is 32.1. The third-order valence-electron chi connectivity index (χ3n) is 1.82. The SMILES string of the molecule is C=C/C=C(\S)C(=O)c1ccc(C)cc1. The molecule has 0 spiro atoms. The molecule has 1 aromatic rings. The molecule has 2 heteroatoms. The second-order valence-electron chi connectivity index (χ2n) is 2.98. The number of thiol groups is 1. The topological polar surface area (TPSA) is 17.1 Å². The largest absolute Gasteiger partial charge is 0.288 e. The van der Waals surface area contributed by atoms with Gasteiger partial charge in [-0.05, 0) is 13.0 Å². The lowest BCUT2D eigenvalue weighted by Gasteiger charge is -1.99. The van der Waals surface area contributed by atoms with Crippen molar-refractivity contribution in [3.05, 3.63) is 59.0 Å². The molecule has 0 radical (unpaired) electrons. The zero-order chi connectivity index (χ0) is 10.6. The summed E-state index contributed by atoms with van der Waals surface area (Å²) in [5, 5.41) is 0. The molecule has 0 aliphatic heterocycles. The minimum atomic E-state index is -0.0757. The first-order chi connectivity index (χ1) is 6.65. The number of hydrogen-bond donors (Lipinski definition) is 1. The van der Waals surface area contributed by atoms with Crippen LogP contribution < -0.4 is 0 Å². The van der Waals surface area contributed by atoms with E-state index in [1.165, 1.54) is 0 Å². The number of allylic oxidation sites excluding steroid dienone is 3. The Morgan fingerprint density at radius 3 is 2.43 bits per heavy atom. The van der Waals surface area contributed by atoms with Crippen molar-refractivity contribution >= 4 is 18.4 Å². The Hall–Kier alpha value is -1.28. The van der Waals surface area contributed by atoms with E-state index in [9.17, 15) is 4.79 Å². The van der Waals surface area contributed by atoms with Crippen molar-refractivity contribution in [2.24, 2.45) is 0 Å². The number of Topliss-reactive ketones (excluding diaryl/α,β-unsaturated/α-hetero) is 1. The van der Waals surface area contributed by atoms with Gasteiger partial charge in [-0.1, -0.05) is 42.5 Å². The molecule has 0 amide bonds. The Labute approximate surface area is 89.6 Å². The lowest BCUT2D eigenvalue weighted by Crippen LogP contribution is -1.98. The van der Waals surface area contributed by atoms with Crippen LogP contribution in [-0.2, 0) is 0 Å². The zero-order valence-electron chi connectivity index (χ0n) is 8.03. The first-order valence-corrected chi connectivity index (χ1v) is 4.73. The van der Waals surface area contributed by atoms with Crippen LogP contribution in [0.1, 0.15) is 15.9 Å². The average Bonchev–Trinajstić information content (AvgIpc) is 2.18. The molecule has 0 aliphatic carbocycles. The molecule has 0 saturated heterocycles. The Morgan fingerprint density at radius 1 is 1.36 bits per heavy atom. The fraction of sp³-hybridized carbons (Fsp3) is 0.0833. The summed E-state index contributed by atoms with van der Waals surface area (Å²) < 4.78 is 0. The number of ketones is 1. The first kappa shape index (κ1) is 10.8. The number of rotatable bonds is 3. The van der Waals surface area contributed by atoms with Crippen LogP contribution in [0, 0.1) is 6.92 Å². The standard InChI is InChI=1S/C12H12OS/c1-3-4-11(14)12(13)10-7-5-9(2)6-8-10/h3-8,14H,1H2,2H3/b11-4-. The summed E-state index contributed by atoms with van der Waals surface area (Å²) in [5.74, 6) is -0.0757. The fourth-order valence-electron chi connectivity index (χ4n) is 1.04. The van der Waals surface area contributed by atoms with Crippen molar-refractivity contribution in [1.29, 1.82) is 0 Å². The minimum Gasteiger partial charge on any atom is -0.288 e. The molecule has 0 unspecified atom stereocenters. The van der Waals surface area contributed by atoms with Crippen LogP contribution >= 0.6 is 12.6 Å². The summed E-state index contributed by atoms with van der Waals surface area (Å²) in [5.41, 5.74) is 1.79. The van der Waals surface area contributed by atoms with Gasteiger partial charge in [0.2, 0.25) is 0 Å². The van der Waals surface area contributed by atoms with Gasteiger partial charge in [-0.25, -0.2) is 0 Å². The second-order valence-corrected chi connectivity index (χ2v) is 3.46. The molecule has 0 fully saturated rings. The predicted molar refractivity (Wildman–Crippen MR) is 62.8 cm³/mol. The summed E-state index contributed by atoms with van der Waals surface area (Å²) >= 11 is 4.08. The Bertz CT molecular complexity index is 374. The second kappa shape index (κ2) is 4.82. The molecule has 0 saturated carbocycles. The van der Waals surface area contributed by atoms with Crippen LogP contribution in [0.25, 0.3) is 0 Å². The minimum absolute atomic E-state index is 0.0757. The van der Waals surface area contributed by atoms with Crippen LogP contribution in [0.15, 0.2) is 47.9 Å². The van der Waals surface area contributed by atoms with Gasteiger partial charge in [0.15, 0.2) is 5.78 Å². The third-order valence-corrected chi connectivity index (χ3v) is 2.17. The molecule has 0 aromatic heterocycles. The maximum absolute atomic E-state index is 11.7. The van der Waals surface area contributed by atoms with Gasteiger partial charge in [0.05, 0.1) is 4.91 Å². The summed E-state index contributed by atoms with van der Waals surface area (Å²) in [7, 11) is 0. The normalized spacial score (nSPS) is 11.1. The summed E-state index contributed by atoms with van der Waals surface area (Å²) in [4.78, 5) is 12.1. The molecule has 72 valence electrons. The lowest BCUT2D eigenvalue weighted by molar-refractivity contribution is 0.104. The summed E-state index contributed by atoms with van der Waals surface area (Å²) in [6, 6.07) is 7.40. The van der Waals surface area contributed by atoms with Crippen LogP contribution in [0.5, 0.6) is 0 Å². The van der Waals surface area contributed by atoms with E-state index < -0.39 is 0 Å². The van der Waals surface area contributed by atoms with E-state index in [-0.39, 0.29) is 5.78 Å². The molecule has 0 atom stereocenters. The van der Waals surface area contributed by atoms with Gasteiger partial charge in [0, 0.05) is 5.56 Å². The van der Waals surface area contributed by atoms with E-state index >= 15 is 0 Å². The maximum atomic E-state index is 11.7. The van der Waals surface area contributed by atoms with Crippen molar-refractivity contribution in [2.75, 3.05) is 0 Å². The van der Waals surface area contributed by atoms with E-state index in [0.29, 0.717) is 10.5 Å². The Kier molecular flexibility index (Phi) is 3.72. The van der Waals surface area contributed by atoms with E-state index in [4.69, 9.17) is 0 Å². The maximum Gasteiger partial charge on any atom is 0.199 e. The summed E-state index contributed by atoms with van der Waals surface area (Å²) in [6.45, 7) is 5.49. The Balaban J connectivity index is 2.95. The highest BCUT2D eigenvalue weighted by Crippen LogP contribution is 2.12. The molecular weight excluding hydrogens is 192 g/mol. The van der Waals surface area contributed by atoms with Crippen LogP contribution in [0.3, 0.4) is 0 Å². The van der Waals surface area contributed by atoms with Crippen LogP contribution in [0.4, 0.5) is 0 Å². The van der Waals surface area contributed by atoms with Crippen molar-refractivity contribution in [2.45, 2.75) is 6.92 Å². The van der Waals surface area contributed by atoms with Gasteiger partial charge < -0.3 is 0 Å². The highest BCUT2D eigenvalue weighted by molar-refractivity contribution is 7.85. The molecule has 0 aliphatic rings. The number of carbonyl (C=O) groups excluding carboxylic acids is 1. The van der Waals surface area contributed by atoms with Gasteiger partial charge in [0.25, 0.3) is 0 Å². The molecule has 14 heavy (non-hydrogen) atoms. The zero-order valence-corrected chi connectivity index (χ0v) is 8.92. The van der Waals surface area contributed by atoms with Gasteiger partial charge in [-0.15, -0.1) is 12.6 Å². The highest BCUT2D eigenvalue weighted by Gasteiger charge is 2.06. The van der Waals surface area contributed by atoms with E-state index in [2.05, 4.69) is 19.2 Å². The fourth-order valence-corrected chi connectivity index (χ4v) is 1.27. The van der Waals surface area contributed by atoms with Gasteiger partial charge in [-0.2, -0.15) is 0 Å². The molecule has 1 nitrogen and oxygen atoms in total. The molecular formula is C12H12OS. The molecule has 0 N–H and O–H groups in total. The Morgan fingerprint density at radius 2 is 1.93 bits per heavy atom. The summed E-state index contributed by atoms with van der Waals surface area (Å²) in [6.07, 6.45) is 3.14.